The molecule has 2 atom stereocenters. The number of thioether (sulfide) groups is 1. The van der Waals surface area contributed by atoms with Gasteiger partial charge in [-0.3, -0.25) is 0 Å². The van der Waals surface area contributed by atoms with Gasteiger partial charge in [-0.1, -0.05) is 44.5 Å². The average molecular weight is 264 g/mol. The van der Waals surface area contributed by atoms with Crippen molar-refractivity contribution in [3.63, 3.8) is 0 Å². The SMILES string of the molecule is CC(C)c1ccc(CC(O)C2CCCCS2)cc1. The summed E-state index contributed by atoms with van der Waals surface area (Å²) in [4.78, 5) is 0. The Morgan fingerprint density at radius 1 is 1.22 bits per heavy atom. The Morgan fingerprint density at radius 3 is 2.50 bits per heavy atom. The summed E-state index contributed by atoms with van der Waals surface area (Å²) in [5, 5.41) is 10.7. The molecule has 1 aromatic rings. The van der Waals surface area contributed by atoms with Gasteiger partial charge in [0.15, 0.2) is 0 Å². The minimum Gasteiger partial charge on any atom is -0.392 e. The molecule has 0 bridgehead atoms. The maximum absolute atomic E-state index is 10.3. The Kier molecular flexibility index (Phi) is 5.13. The van der Waals surface area contributed by atoms with Crippen molar-refractivity contribution < 1.29 is 5.11 Å². The predicted molar refractivity (Wildman–Crippen MR) is 80.3 cm³/mol. The van der Waals surface area contributed by atoms with Gasteiger partial charge in [0.2, 0.25) is 0 Å². The van der Waals surface area contributed by atoms with Gasteiger partial charge in [0.25, 0.3) is 0 Å². The number of hydrogen-bond donors (Lipinski definition) is 1. The van der Waals surface area contributed by atoms with E-state index in [-0.39, 0.29) is 6.10 Å². The minimum atomic E-state index is -0.180. The fourth-order valence-corrected chi connectivity index (χ4v) is 3.81. The molecule has 0 radical (unpaired) electrons. The van der Waals surface area contributed by atoms with Gasteiger partial charge in [-0.05, 0) is 42.1 Å². The summed E-state index contributed by atoms with van der Waals surface area (Å²) in [6.45, 7) is 4.42. The van der Waals surface area contributed by atoms with E-state index in [9.17, 15) is 5.11 Å². The molecular formula is C16H24OS. The van der Waals surface area contributed by atoms with Crippen molar-refractivity contribution in [1.29, 1.82) is 0 Å². The Bertz CT molecular complexity index is 352. The van der Waals surface area contributed by atoms with Gasteiger partial charge in [0, 0.05) is 5.25 Å². The molecule has 1 aliphatic rings. The molecule has 1 N–H and O–H groups in total. The first-order chi connectivity index (χ1) is 8.66. The Labute approximate surface area is 115 Å². The Morgan fingerprint density at radius 2 is 1.94 bits per heavy atom. The van der Waals surface area contributed by atoms with Gasteiger partial charge in [-0.25, -0.2) is 0 Å². The first kappa shape index (κ1) is 14.0. The highest BCUT2D eigenvalue weighted by Crippen LogP contribution is 2.29. The zero-order valence-corrected chi connectivity index (χ0v) is 12.2. The molecule has 1 aromatic carbocycles. The van der Waals surface area contributed by atoms with Gasteiger partial charge in [-0.2, -0.15) is 11.8 Å². The van der Waals surface area contributed by atoms with Crippen molar-refractivity contribution in [3.8, 4) is 0 Å². The van der Waals surface area contributed by atoms with E-state index in [0.717, 1.165) is 6.42 Å². The van der Waals surface area contributed by atoms with Gasteiger partial charge >= 0.3 is 0 Å². The molecule has 2 rings (SSSR count). The summed E-state index contributed by atoms with van der Waals surface area (Å²) in [6, 6.07) is 8.74. The standard InChI is InChI=1S/C16H24OS/c1-12(2)14-8-6-13(7-9-14)11-15(17)16-5-3-4-10-18-16/h6-9,12,15-17H,3-5,10-11H2,1-2H3. The molecule has 0 amide bonds. The highest BCUT2D eigenvalue weighted by Gasteiger charge is 2.22. The van der Waals surface area contributed by atoms with Crippen molar-refractivity contribution in [1.82, 2.24) is 0 Å². The van der Waals surface area contributed by atoms with E-state index in [2.05, 4.69) is 38.1 Å². The molecule has 1 nitrogen and oxygen atoms in total. The lowest BCUT2D eigenvalue weighted by Crippen LogP contribution is -2.27. The molecule has 0 aromatic heterocycles. The van der Waals surface area contributed by atoms with E-state index < -0.39 is 0 Å². The van der Waals surface area contributed by atoms with Crippen LogP contribution in [0.3, 0.4) is 0 Å². The van der Waals surface area contributed by atoms with Crippen LogP contribution in [0.25, 0.3) is 0 Å². The maximum Gasteiger partial charge on any atom is 0.0699 e. The van der Waals surface area contributed by atoms with Gasteiger partial charge in [-0.15, -0.1) is 0 Å². The lowest BCUT2D eigenvalue weighted by atomic mass is 9.98. The van der Waals surface area contributed by atoms with Crippen molar-refractivity contribution >= 4 is 11.8 Å². The van der Waals surface area contributed by atoms with Crippen LogP contribution in [0.2, 0.25) is 0 Å². The number of aliphatic hydroxyl groups is 1. The van der Waals surface area contributed by atoms with Crippen molar-refractivity contribution in [2.24, 2.45) is 0 Å². The Balaban J connectivity index is 1.91. The summed E-state index contributed by atoms with van der Waals surface area (Å²) in [6.07, 6.45) is 4.39. The molecule has 2 heteroatoms. The first-order valence-corrected chi connectivity index (χ1v) is 8.10. The first-order valence-electron chi connectivity index (χ1n) is 7.05. The van der Waals surface area contributed by atoms with Crippen LogP contribution in [0.5, 0.6) is 0 Å². The number of benzene rings is 1. The lowest BCUT2D eigenvalue weighted by molar-refractivity contribution is 0.166. The van der Waals surface area contributed by atoms with Crippen LogP contribution in [0.4, 0.5) is 0 Å². The second-order valence-electron chi connectivity index (χ2n) is 5.57. The van der Waals surface area contributed by atoms with Crippen LogP contribution in [0, 0.1) is 0 Å². The number of hydrogen-bond acceptors (Lipinski definition) is 2. The normalized spacial score (nSPS) is 22.1. The van der Waals surface area contributed by atoms with Crippen LogP contribution < -0.4 is 0 Å². The quantitative estimate of drug-likeness (QED) is 0.887. The smallest absolute Gasteiger partial charge is 0.0699 e. The van der Waals surface area contributed by atoms with Crippen LogP contribution in [0.15, 0.2) is 24.3 Å². The molecule has 18 heavy (non-hydrogen) atoms. The molecule has 1 heterocycles. The molecule has 1 fully saturated rings. The van der Waals surface area contributed by atoms with E-state index in [1.807, 2.05) is 11.8 Å². The summed E-state index contributed by atoms with van der Waals surface area (Å²) < 4.78 is 0. The van der Waals surface area contributed by atoms with Crippen LogP contribution in [-0.4, -0.2) is 22.2 Å². The third kappa shape index (κ3) is 3.76. The number of rotatable bonds is 4. The summed E-state index contributed by atoms with van der Waals surface area (Å²) in [5.41, 5.74) is 2.64. The average Bonchev–Trinajstić information content (AvgIpc) is 2.40. The molecule has 0 aliphatic carbocycles. The monoisotopic (exact) mass is 264 g/mol. The van der Waals surface area contributed by atoms with Crippen molar-refractivity contribution in [2.75, 3.05) is 5.75 Å². The second kappa shape index (κ2) is 6.63. The van der Waals surface area contributed by atoms with Gasteiger partial charge < -0.3 is 5.11 Å². The third-order valence-corrected chi connectivity index (χ3v) is 5.24. The fraction of sp³-hybridized carbons (Fsp3) is 0.625. The van der Waals surface area contributed by atoms with Gasteiger partial charge in [0.05, 0.1) is 6.10 Å². The highest BCUT2D eigenvalue weighted by atomic mass is 32.2. The van der Waals surface area contributed by atoms with Crippen molar-refractivity contribution in [2.45, 2.75) is 56.8 Å². The molecule has 0 spiro atoms. The largest absolute Gasteiger partial charge is 0.392 e. The predicted octanol–water partition coefficient (Wildman–Crippen LogP) is 4.00. The number of aliphatic hydroxyl groups excluding tert-OH is 1. The van der Waals surface area contributed by atoms with E-state index in [4.69, 9.17) is 0 Å². The summed E-state index contributed by atoms with van der Waals surface area (Å²) in [5.74, 6) is 1.80. The van der Waals surface area contributed by atoms with E-state index in [1.54, 1.807) is 0 Å². The fourth-order valence-electron chi connectivity index (χ4n) is 2.48. The van der Waals surface area contributed by atoms with Crippen molar-refractivity contribution in [3.05, 3.63) is 35.4 Å². The van der Waals surface area contributed by atoms with E-state index in [0.29, 0.717) is 11.2 Å². The molecular weight excluding hydrogens is 240 g/mol. The van der Waals surface area contributed by atoms with E-state index >= 15 is 0 Å². The van der Waals surface area contributed by atoms with Crippen LogP contribution in [0.1, 0.15) is 50.2 Å². The van der Waals surface area contributed by atoms with Crippen LogP contribution in [-0.2, 0) is 6.42 Å². The third-order valence-electron chi connectivity index (χ3n) is 3.74. The molecule has 2 unspecified atom stereocenters. The minimum absolute atomic E-state index is 0.180. The highest BCUT2D eigenvalue weighted by molar-refractivity contribution is 8.00. The molecule has 0 saturated carbocycles. The van der Waals surface area contributed by atoms with Gasteiger partial charge in [0.1, 0.15) is 0 Å². The van der Waals surface area contributed by atoms with E-state index in [1.165, 1.54) is 36.1 Å². The summed E-state index contributed by atoms with van der Waals surface area (Å²) in [7, 11) is 0. The zero-order valence-electron chi connectivity index (χ0n) is 11.4. The molecule has 1 aliphatic heterocycles. The second-order valence-corrected chi connectivity index (χ2v) is 6.92. The molecule has 100 valence electrons. The Hall–Kier alpha value is -0.470. The zero-order chi connectivity index (χ0) is 13.0. The molecule has 1 saturated heterocycles. The van der Waals surface area contributed by atoms with Crippen LogP contribution >= 0.6 is 11.8 Å². The summed E-state index contributed by atoms with van der Waals surface area (Å²) >= 11 is 1.95. The maximum atomic E-state index is 10.3. The topological polar surface area (TPSA) is 20.2 Å². The lowest BCUT2D eigenvalue weighted by Gasteiger charge is -2.26.